The first-order valence-corrected chi connectivity index (χ1v) is 10.5. The highest BCUT2D eigenvalue weighted by Crippen LogP contribution is 2.20. The molecular weight excluding hydrogens is 436 g/mol. The Labute approximate surface area is 191 Å². The number of carbonyl (C=O) groups excluding carboxylic acids is 4. The third kappa shape index (κ3) is 7.09. The van der Waals surface area contributed by atoms with E-state index in [1.807, 2.05) is 0 Å². The second-order valence-electron chi connectivity index (χ2n) is 6.63. The van der Waals surface area contributed by atoms with Crippen molar-refractivity contribution in [2.75, 3.05) is 13.2 Å². The van der Waals surface area contributed by atoms with Gasteiger partial charge in [-0.1, -0.05) is 54.1 Å². The molecule has 0 bridgehead atoms. The zero-order valence-corrected chi connectivity index (χ0v) is 18.6. The fourth-order valence-corrected chi connectivity index (χ4v) is 3.11. The van der Waals surface area contributed by atoms with Crippen molar-refractivity contribution in [1.82, 2.24) is 10.6 Å². The maximum atomic E-state index is 12.8. The van der Waals surface area contributed by atoms with E-state index in [1.54, 1.807) is 68.4 Å². The molecule has 0 saturated carbocycles. The van der Waals surface area contributed by atoms with Gasteiger partial charge < -0.3 is 20.1 Å². The summed E-state index contributed by atoms with van der Waals surface area (Å²) in [6, 6.07) is 13.0. The van der Waals surface area contributed by atoms with E-state index < -0.39 is 35.8 Å². The molecule has 0 aromatic heterocycles. The van der Waals surface area contributed by atoms with E-state index >= 15 is 0 Å². The smallest absolute Gasteiger partial charge is 0.340 e. The van der Waals surface area contributed by atoms with Crippen LogP contribution in [0.5, 0.6) is 0 Å². The van der Waals surface area contributed by atoms with Crippen molar-refractivity contribution in [2.24, 2.45) is 0 Å². The minimum Gasteiger partial charge on any atom is -0.464 e. The molecule has 8 nitrogen and oxygen atoms in total. The molecule has 0 spiro atoms. The first-order chi connectivity index (χ1) is 15.4. The van der Waals surface area contributed by atoms with Crippen molar-refractivity contribution in [3.05, 3.63) is 70.7 Å². The van der Waals surface area contributed by atoms with E-state index in [1.165, 1.54) is 0 Å². The van der Waals surface area contributed by atoms with Gasteiger partial charge in [0.2, 0.25) is 11.9 Å². The van der Waals surface area contributed by atoms with E-state index in [0.29, 0.717) is 5.56 Å². The van der Waals surface area contributed by atoms with Gasteiger partial charge in [-0.05, 0) is 31.5 Å². The number of benzene rings is 2. The molecule has 2 aromatic carbocycles. The average Bonchev–Trinajstić information content (AvgIpc) is 2.78. The van der Waals surface area contributed by atoms with Crippen LogP contribution in [0.3, 0.4) is 0 Å². The topological polar surface area (TPSA) is 111 Å². The van der Waals surface area contributed by atoms with Gasteiger partial charge in [0.15, 0.2) is 0 Å². The SMILES string of the molecule is CCOC(=O)C(NC(=O)C[C@@H](NC(=O)c1ccccc1Cl)c1ccccc1)C(=O)OCC. The zero-order chi connectivity index (χ0) is 23.5. The van der Waals surface area contributed by atoms with Crippen LogP contribution >= 0.6 is 11.6 Å². The number of ether oxygens (including phenoxy) is 2. The molecule has 0 radical (unpaired) electrons. The first-order valence-electron chi connectivity index (χ1n) is 10.1. The lowest BCUT2D eigenvalue weighted by Crippen LogP contribution is -2.49. The van der Waals surface area contributed by atoms with Crippen molar-refractivity contribution in [3.63, 3.8) is 0 Å². The predicted molar refractivity (Wildman–Crippen MR) is 118 cm³/mol. The first kappa shape index (κ1) is 24.9. The molecule has 0 aliphatic heterocycles. The number of halogens is 1. The van der Waals surface area contributed by atoms with Gasteiger partial charge in [-0.25, -0.2) is 9.59 Å². The van der Waals surface area contributed by atoms with Crippen LogP contribution in [0.4, 0.5) is 0 Å². The van der Waals surface area contributed by atoms with Crippen molar-refractivity contribution >= 4 is 35.4 Å². The van der Waals surface area contributed by atoms with Gasteiger partial charge in [-0.2, -0.15) is 0 Å². The summed E-state index contributed by atoms with van der Waals surface area (Å²) in [5, 5.41) is 5.40. The second-order valence-corrected chi connectivity index (χ2v) is 7.03. The second kappa shape index (κ2) is 12.5. The van der Waals surface area contributed by atoms with Crippen LogP contribution in [0.15, 0.2) is 54.6 Å². The molecule has 0 heterocycles. The van der Waals surface area contributed by atoms with Crippen molar-refractivity contribution in [1.29, 1.82) is 0 Å². The minimum atomic E-state index is -1.60. The normalized spacial score (nSPS) is 11.4. The lowest BCUT2D eigenvalue weighted by molar-refractivity contribution is -0.159. The van der Waals surface area contributed by atoms with Crippen LogP contribution in [-0.2, 0) is 23.9 Å². The summed E-state index contributed by atoms with van der Waals surface area (Å²) in [6.45, 7) is 3.23. The molecule has 0 fully saturated rings. The molecule has 2 aromatic rings. The Balaban J connectivity index is 2.20. The maximum absolute atomic E-state index is 12.8. The summed E-state index contributed by atoms with van der Waals surface area (Å²) in [5.74, 6) is -2.96. The summed E-state index contributed by atoms with van der Waals surface area (Å²) in [5.41, 5.74) is 0.915. The van der Waals surface area contributed by atoms with Gasteiger partial charge in [0.05, 0.1) is 36.3 Å². The number of hydrogen-bond donors (Lipinski definition) is 2. The molecule has 32 heavy (non-hydrogen) atoms. The molecular formula is C23H25ClN2O6. The van der Waals surface area contributed by atoms with Gasteiger partial charge >= 0.3 is 11.9 Å². The Morgan fingerprint density at radius 3 is 1.97 bits per heavy atom. The Kier molecular flexibility index (Phi) is 9.69. The van der Waals surface area contributed by atoms with Gasteiger partial charge in [-0.15, -0.1) is 0 Å². The Hall–Kier alpha value is -3.39. The average molecular weight is 461 g/mol. The van der Waals surface area contributed by atoms with Crippen LogP contribution in [-0.4, -0.2) is 43.0 Å². The Morgan fingerprint density at radius 1 is 0.844 bits per heavy atom. The zero-order valence-electron chi connectivity index (χ0n) is 17.8. The highest BCUT2D eigenvalue weighted by Gasteiger charge is 2.32. The molecule has 0 aliphatic carbocycles. The monoisotopic (exact) mass is 460 g/mol. The predicted octanol–water partition coefficient (Wildman–Crippen LogP) is 2.81. The number of hydrogen-bond acceptors (Lipinski definition) is 6. The van der Waals surface area contributed by atoms with E-state index in [4.69, 9.17) is 21.1 Å². The van der Waals surface area contributed by atoms with E-state index in [-0.39, 0.29) is 30.2 Å². The number of nitrogens with one attached hydrogen (secondary N) is 2. The Morgan fingerprint density at radius 2 is 1.41 bits per heavy atom. The third-order valence-electron chi connectivity index (χ3n) is 4.37. The summed E-state index contributed by atoms with van der Waals surface area (Å²) >= 11 is 6.11. The molecule has 9 heteroatoms. The van der Waals surface area contributed by atoms with Crippen LogP contribution in [0, 0.1) is 0 Å². The minimum absolute atomic E-state index is 0.0329. The summed E-state index contributed by atoms with van der Waals surface area (Å²) in [4.78, 5) is 49.8. The van der Waals surface area contributed by atoms with E-state index in [2.05, 4.69) is 10.6 Å². The van der Waals surface area contributed by atoms with Gasteiger partial charge in [-0.3, -0.25) is 9.59 Å². The quantitative estimate of drug-likeness (QED) is 0.416. The summed E-state index contributed by atoms with van der Waals surface area (Å²) in [7, 11) is 0. The molecule has 2 amide bonds. The highest BCUT2D eigenvalue weighted by molar-refractivity contribution is 6.33. The number of esters is 2. The standard InChI is InChI=1S/C23H25ClN2O6/c1-3-31-22(29)20(23(30)32-4-2)26-19(27)14-18(15-10-6-5-7-11-15)25-21(28)16-12-8-9-13-17(16)24/h5-13,18,20H,3-4,14H2,1-2H3,(H,25,28)(H,26,27)/t18-/m1/s1. The van der Waals surface area contributed by atoms with Gasteiger partial charge in [0.25, 0.3) is 5.91 Å². The van der Waals surface area contributed by atoms with Crippen LogP contribution in [0.25, 0.3) is 0 Å². The molecule has 0 unspecified atom stereocenters. The van der Waals surface area contributed by atoms with Gasteiger partial charge in [0.1, 0.15) is 0 Å². The number of amides is 2. The number of carbonyl (C=O) groups is 4. The van der Waals surface area contributed by atoms with Crippen LogP contribution in [0.2, 0.25) is 5.02 Å². The summed E-state index contributed by atoms with van der Waals surface area (Å²) < 4.78 is 9.72. The van der Waals surface area contributed by atoms with Crippen LogP contribution < -0.4 is 10.6 Å². The lowest BCUT2D eigenvalue weighted by atomic mass is 10.0. The van der Waals surface area contributed by atoms with E-state index in [0.717, 1.165) is 0 Å². The fraction of sp³-hybridized carbons (Fsp3) is 0.304. The molecule has 2 N–H and O–H groups in total. The third-order valence-corrected chi connectivity index (χ3v) is 4.69. The molecule has 0 aliphatic rings. The Bertz CT molecular complexity index is 933. The molecule has 0 saturated heterocycles. The fourth-order valence-electron chi connectivity index (χ4n) is 2.89. The van der Waals surface area contributed by atoms with Crippen LogP contribution in [0.1, 0.15) is 42.2 Å². The maximum Gasteiger partial charge on any atom is 0.340 e. The summed E-state index contributed by atoms with van der Waals surface area (Å²) in [6.07, 6.45) is -0.241. The molecule has 1 atom stereocenters. The van der Waals surface area contributed by atoms with E-state index in [9.17, 15) is 19.2 Å². The van der Waals surface area contributed by atoms with Crippen molar-refractivity contribution in [2.45, 2.75) is 32.4 Å². The number of rotatable bonds is 10. The van der Waals surface area contributed by atoms with Gasteiger partial charge in [0, 0.05) is 0 Å². The largest absolute Gasteiger partial charge is 0.464 e. The lowest BCUT2D eigenvalue weighted by Gasteiger charge is -2.21. The highest BCUT2D eigenvalue weighted by atomic mass is 35.5. The molecule has 170 valence electrons. The molecule has 2 rings (SSSR count). The van der Waals surface area contributed by atoms with Crippen molar-refractivity contribution in [3.8, 4) is 0 Å². The van der Waals surface area contributed by atoms with Crippen molar-refractivity contribution < 1.29 is 28.7 Å².